The van der Waals surface area contributed by atoms with Crippen molar-refractivity contribution in [2.75, 3.05) is 0 Å². The molecule has 2 nitrogen and oxygen atoms in total. The van der Waals surface area contributed by atoms with E-state index >= 15 is 0 Å². The molecule has 27 heavy (non-hydrogen) atoms. The van der Waals surface area contributed by atoms with Gasteiger partial charge in [0.2, 0.25) is 0 Å². The van der Waals surface area contributed by atoms with Crippen molar-refractivity contribution in [3.8, 4) is 42.0 Å². The Morgan fingerprint density at radius 3 is 1.41 bits per heavy atom. The van der Waals surface area contributed by atoms with Crippen molar-refractivity contribution in [1.82, 2.24) is 9.97 Å². The maximum Gasteiger partial charge on any atom is 0.0802 e. The first-order chi connectivity index (χ1) is 13.4. The summed E-state index contributed by atoms with van der Waals surface area (Å²) in [6.45, 7) is 0. The smallest absolute Gasteiger partial charge is 0.0802 e. The Bertz CT molecular complexity index is 1050. The van der Waals surface area contributed by atoms with Crippen LogP contribution in [0.3, 0.4) is 0 Å². The topological polar surface area (TPSA) is 25.8 Å². The van der Waals surface area contributed by atoms with Crippen LogP contribution >= 0.6 is 34.0 Å². The molecule has 0 aliphatic rings. The standard InChI is InChI=1S/C22H14N2S3/c1-3-21(25-11-1)17-7-5-15(13-23-17)19-9-10-20(27-19)16-6-8-18(24-14-16)22-4-2-12-26-22/h1-14H. The SMILES string of the molecule is c1csc(-c2ccc(-c3ccc(-c4ccc(-c5cccs5)nc4)s3)cn2)c1. The molecule has 0 saturated heterocycles. The minimum absolute atomic E-state index is 1.03. The largest absolute Gasteiger partial charge is 0.255 e. The molecule has 0 aliphatic heterocycles. The molecule has 5 aromatic heterocycles. The van der Waals surface area contributed by atoms with Crippen LogP contribution in [0.15, 0.2) is 83.8 Å². The van der Waals surface area contributed by atoms with Gasteiger partial charge in [0.05, 0.1) is 21.1 Å². The molecule has 0 saturated carbocycles. The zero-order valence-electron chi connectivity index (χ0n) is 14.2. The van der Waals surface area contributed by atoms with Gasteiger partial charge in [-0.1, -0.05) is 12.1 Å². The molecule has 0 bridgehead atoms. The minimum atomic E-state index is 1.03. The summed E-state index contributed by atoms with van der Waals surface area (Å²) in [4.78, 5) is 14.1. The molecule has 0 spiro atoms. The van der Waals surface area contributed by atoms with Crippen LogP contribution in [0.5, 0.6) is 0 Å². The van der Waals surface area contributed by atoms with Crippen molar-refractivity contribution in [2.24, 2.45) is 0 Å². The van der Waals surface area contributed by atoms with E-state index in [1.165, 1.54) is 19.5 Å². The van der Waals surface area contributed by atoms with Crippen LogP contribution in [0.4, 0.5) is 0 Å². The summed E-state index contributed by atoms with van der Waals surface area (Å²) in [5.74, 6) is 0. The van der Waals surface area contributed by atoms with E-state index in [2.05, 4.69) is 81.4 Å². The quantitative estimate of drug-likeness (QED) is 0.314. The van der Waals surface area contributed by atoms with Gasteiger partial charge in [-0.3, -0.25) is 9.97 Å². The molecule has 5 heteroatoms. The third-order valence-corrected chi connectivity index (χ3v) is 7.22. The summed E-state index contributed by atoms with van der Waals surface area (Å²) in [5.41, 5.74) is 4.35. The lowest BCUT2D eigenvalue weighted by Gasteiger charge is -2.01. The summed E-state index contributed by atoms with van der Waals surface area (Å²) >= 11 is 5.20. The third-order valence-electron chi connectivity index (χ3n) is 4.25. The van der Waals surface area contributed by atoms with Gasteiger partial charge in [-0.25, -0.2) is 0 Å². The molecule has 0 aromatic carbocycles. The lowest BCUT2D eigenvalue weighted by Crippen LogP contribution is -1.81. The number of rotatable bonds is 4. The van der Waals surface area contributed by atoms with E-state index in [-0.39, 0.29) is 0 Å². The maximum atomic E-state index is 4.63. The lowest BCUT2D eigenvalue weighted by molar-refractivity contribution is 1.34. The van der Waals surface area contributed by atoms with Crippen molar-refractivity contribution in [3.63, 3.8) is 0 Å². The van der Waals surface area contributed by atoms with Crippen molar-refractivity contribution in [3.05, 3.63) is 83.8 Å². The number of nitrogens with zero attached hydrogens (tertiary/aromatic N) is 2. The Balaban J connectivity index is 1.39. The molecule has 0 radical (unpaired) electrons. The van der Waals surface area contributed by atoms with E-state index < -0.39 is 0 Å². The summed E-state index contributed by atoms with van der Waals surface area (Å²) < 4.78 is 0. The molecule has 5 aromatic rings. The van der Waals surface area contributed by atoms with Crippen molar-refractivity contribution >= 4 is 34.0 Å². The van der Waals surface area contributed by atoms with Gasteiger partial charge in [0, 0.05) is 33.3 Å². The van der Waals surface area contributed by atoms with Crippen LogP contribution in [0, 0.1) is 0 Å². The third kappa shape index (κ3) is 3.37. The van der Waals surface area contributed by atoms with Gasteiger partial charge in [0.1, 0.15) is 0 Å². The predicted molar refractivity (Wildman–Crippen MR) is 117 cm³/mol. The molecule has 130 valence electrons. The predicted octanol–water partition coefficient (Wildman–Crippen LogP) is 7.33. The zero-order valence-corrected chi connectivity index (χ0v) is 16.7. The van der Waals surface area contributed by atoms with Crippen LogP contribution in [0.1, 0.15) is 0 Å². The highest BCUT2D eigenvalue weighted by molar-refractivity contribution is 7.18. The monoisotopic (exact) mass is 402 g/mol. The Labute approximate surface area is 169 Å². The number of aromatic nitrogens is 2. The van der Waals surface area contributed by atoms with Crippen LogP contribution in [-0.4, -0.2) is 9.97 Å². The van der Waals surface area contributed by atoms with Gasteiger partial charge in [0.15, 0.2) is 0 Å². The van der Waals surface area contributed by atoms with Gasteiger partial charge in [-0.15, -0.1) is 34.0 Å². The average molecular weight is 403 g/mol. The second-order valence-electron chi connectivity index (χ2n) is 5.98. The fourth-order valence-electron chi connectivity index (χ4n) is 2.87. The van der Waals surface area contributed by atoms with E-state index in [9.17, 15) is 0 Å². The normalized spacial score (nSPS) is 11.0. The molecule has 5 heterocycles. The van der Waals surface area contributed by atoms with E-state index in [0.717, 1.165) is 22.5 Å². The lowest BCUT2D eigenvalue weighted by atomic mass is 10.2. The molecular formula is C22H14N2S3. The maximum absolute atomic E-state index is 4.63. The number of thiophene rings is 3. The van der Waals surface area contributed by atoms with E-state index in [0.29, 0.717) is 0 Å². The molecule has 0 aliphatic carbocycles. The van der Waals surface area contributed by atoms with Crippen molar-refractivity contribution < 1.29 is 0 Å². The van der Waals surface area contributed by atoms with E-state index in [1.807, 2.05) is 12.4 Å². The average Bonchev–Trinajstić information content (AvgIpc) is 3.51. The van der Waals surface area contributed by atoms with Gasteiger partial charge in [-0.05, 0) is 59.3 Å². The van der Waals surface area contributed by atoms with Crippen molar-refractivity contribution in [2.45, 2.75) is 0 Å². The summed E-state index contributed by atoms with van der Waals surface area (Å²) in [5, 5.41) is 4.16. The van der Waals surface area contributed by atoms with Crippen LogP contribution in [-0.2, 0) is 0 Å². The fraction of sp³-hybridized carbons (Fsp3) is 0. The van der Waals surface area contributed by atoms with Gasteiger partial charge in [-0.2, -0.15) is 0 Å². The Hall–Kier alpha value is -2.60. The van der Waals surface area contributed by atoms with Gasteiger partial charge in [0.25, 0.3) is 0 Å². The van der Waals surface area contributed by atoms with Crippen LogP contribution < -0.4 is 0 Å². The first kappa shape index (κ1) is 16.6. The first-order valence-corrected chi connectivity index (χ1v) is 11.0. The van der Waals surface area contributed by atoms with Gasteiger partial charge >= 0.3 is 0 Å². The molecular weight excluding hydrogens is 388 g/mol. The molecule has 5 rings (SSSR count). The minimum Gasteiger partial charge on any atom is -0.255 e. The summed E-state index contributed by atoms with van der Waals surface area (Å²) in [7, 11) is 0. The molecule has 0 N–H and O–H groups in total. The molecule has 0 amide bonds. The summed E-state index contributed by atoms with van der Waals surface area (Å²) in [6.07, 6.45) is 3.92. The van der Waals surface area contributed by atoms with Gasteiger partial charge < -0.3 is 0 Å². The highest BCUT2D eigenvalue weighted by Gasteiger charge is 2.08. The van der Waals surface area contributed by atoms with Crippen LogP contribution in [0.25, 0.3) is 42.0 Å². The number of hydrogen-bond acceptors (Lipinski definition) is 5. The highest BCUT2D eigenvalue weighted by Crippen LogP contribution is 2.35. The second kappa shape index (κ2) is 7.19. The first-order valence-electron chi connectivity index (χ1n) is 8.47. The molecule has 0 fully saturated rings. The summed E-state index contributed by atoms with van der Waals surface area (Å²) in [6, 6.07) is 21.1. The fourth-order valence-corrected chi connectivity index (χ4v) is 5.26. The van der Waals surface area contributed by atoms with Crippen LogP contribution in [0.2, 0.25) is 0 Å². The Morgan fingerprint density at radius 2 is 1.04 bits per heavy atom. The molecule has 0 atom stereocenters. The van der Waals surface area contributed by atoms with Crippen molar-refractivity contribution in [1.29, 1.82) is 0 Å². The number of pyridine rings is 2. The number of hydrogen-bond donors (Lipinski definition) is 0. The highest BCUT2D eigenvalue weighted by atomic mass is 32.1. The zero-order chi connectivity index (χ0) is 18.1. The van der Waals surface area contributed by atoms with E-state index in [1.54, 1.807) is 34.0 Å². The van der Waals surface area contributed by atoms with E-state index in [4.69, 9.17) is 0 Å². The Kier molecular flexibility index (Phi) is 4.41. The molecule has 0 unspecified atom stereocenters. The second-order valence-corrected chi connectivity index (χ2v) is 8.96. The Morgan fingerprint density at radius 1 is 0.519 bits per heavy atom.